The molecule has 1 aromatic rings. The highest BCUT2D eigenvalue weighted by atomic mass is 15.2. The zero-order valence-corrected chi connectivity index (χ0v) is 13.6. The molecule has 0 spiro atoms. The van der Waals surface area contributed by atoms with Crippen molar-refractivity contribution in [1.29, 1.82) is 0 Å². The van der Waals surface area contributed by atoms with E-state index in [0.717, 1.165) is 18.5 Å². The third-order valence-electron chi connectivity index (χ3n) is 5.69. The predicted octanol–water partition coefficient (Wildman–Crippen LogP) is 3.96. The number of aryl methyl sites for hydroxylation is 2. The molecule has 3 unspecified atom stereocenters. The number of nitrogens with zero attached hydrogens (tertiary/aromatic N) is 1. The molecule has 0 amide bonds. The predicted molar refractivity (Wildman–Crippen MR) is 89.4 cm³/mol. The zero-order valence-electron chi connectivity index (χ0n) is 13.6. The molecule has 2 aliphatic rings. The number of benzene rings is 1. The van der Waals surface area contributed by atoms with E-state index in [1.54, 1.807) is 0 Å². The number of fused-ring (bicyclic) bond motifs is 1. The Hall–Kier alpha value is -0.860. The lowest BCUT2D eigenvalue weighted by Gasteiger charge is -2.48. The van der Waals surface area contributed by atoms with E-state index in [1.807, 2.05) is 0 Å². The summed E-state index contributed by atoms with van der Waals surface area (Å²) in [5.74, 6) is 0.923. The first-order chi connectivity index (χ1) is 10.2. The maximum atomic E-state index is 6.22. The molecule has 1 heterocycles. The van der Waals surface area contributed by atoms with E-state index in [2.05, 4.69) is 36.9 Å². The minimum Gasteiger partial charge on any atom is -0.329 e. The third-order valence-corrected chi connectivity index (χ3v) is 5.69. The topological polar surface area (TPSA) is 29.3 Å². The Labute approximate surface area is 129 Å². The second-order valence-electron chi connectivity index (χ2n) is 7.10. The fourth-order valence-corrected chi connectivity index (χ4v) is 4.69. The molecule has 1 saturated carbocycles. The van der Waals surface area contributed by atoms with Gasteiger partial charge in [0.05, 0.1) is 0 Å². The fourth-order valence-electron chi connectivity index (χ4n) is 4.69. The van der Waals surface area contributed by atoms with Crippen molar-refractivity contribution in [1.82, 2.24) is 4.90 Å². The van der Waals surface area contributed by atoms with Crippen LogP contribution in [-0.2, 0) is 0 Å². The maximum Gasteiger partial charge on any atom is 0.0476 e. The Kier molecular flexibility index (Phi) is 4.66. The van der Waals surface area contributed by atoms with Gasteiger partial charge in [-0.1, -0.05) is 36.6 Å². The average Bonchev–Trinajstić information content (AvgIpc) is 2.50. The average molecular weight is 286 g/mol. The summed E-state index contributed by atoms with van der Waals surface area (Å²) in [4.78, 5) is 2.75. The number of hydrogen-bond donors (Lipinski definition) is 1. The summed E-state index contributed by atoms with van der Waals surface area (Å²) in [6, 6.07) is 8.06. The van der Waals surface area contributed by atoms with Gasteiger partial charge in [0.2, 0.25) is 0 Å². The van der Waals surface area contributed by atoms with Crippen molar-refractivity contribution in [3.8, 4) is 0 Å². The van der Waals surface area contributed by atoms with E-state index in [4.69, 9.17) is 5.73 Å². The zero-order chi connectivity index (χ0) is 14.8. The lowest BCUT2D eigenvalue weighted by molar-refractivity contribution is 0.0274. The van der Waals surface area contributed by atoms with E-state index >= 15 is 0 Å². The summed E-state index contributed by atoms with van der Waals surface area (Å²) >= 11 is 0. The van der Waals surface area contributed by atoms with Gasteiger partial charge in [-0.3, -0.25) is 4.90 Å². The molecule has 1 aromatic carbocycles. The molecule has 2 fully saturated rings. The van der Waals surface area contributed by atoms with Crippen LogP contribution in [0.25, 0.3) is 0 Å². The van der Waals surface area contributed by atoms with Gasteiger partial charge in [0.15, 0.2) is 0 Å². The molecular weight excluding hydrogens is 256 g/mol. The summed E-state index contributed by atoms with van der Waals surface area (Å²) in [5, 5.41) is 0. The summed E-state index contributed by atoms with van der Waals surface area (Å²) < 4.78 is 0. The van der Waals surface area contributed by atoms with Crippen LogP contribution in [0.5, 0.6) is 0 Å². The van der Waals surface area contributed by atoms with Crippen LogP contribution in [0.3, 0.4) is 0 Å². The summed E-state index contributed by atoms with van der Waals surface area (Å²) in [7, 11) is 0. The molecule has 1 saturated heterocycles. The van der Waals surface area contributed by atoms with Crippen molar-refractivity contribution >= 4 is 0 Å². The number of hydrogen-bond acceptors (Lipinski definition) is 2. The van der Waals surface area contributed by atoms with Crippen LogP contribution in [0.2, 0.25) is 0 Å². The fraction of sp³-hybridized carbons (Fsp3) is 0.684. The minimum absolute atomic E-state index is 0.413. The first-order valence-corrected chi connectivity index (χ1v) is 8.73. The quantitative estimate of drug-likeness (QED) is 0.911. The Morgan fingerprint density at radius 1 is 1.14 bits per heavy atom. The first-order valence-electron chi connectivity index (χ1n) is 8.73. The van der Waals surface area contributed by atoms with Crippen LogP contribution in [-0.4, -0.2) is 24.0 Å². The molecular formula is C19H30N2. The monoisotopic (exact) mass is 286 g/mol. The Morgan fingerprint density at radius 3 is 2.67 bits per heavy atom. The van der Waals surface area contributed by atoms with Gasteiger partial charge in [-0.2, -0.15) is 0 Å². The smallest absolute Gasteiger partial charge is 0.0476 e. The van der Waals surface area contributed by atoms with Crippen LogP contribution >= 0.6 is 0 Å². The van der Waals surface area contributed by atoms with E-state index in [-0.39, 0.29) is 0 Å². The van der Waals surface area contributed by atoms with Gasteiger partial charge in [-0.05, 0) is 63.1 Å². The molecule has 0 bridgehead atoms. The second-order valence-corrected chi connectivity index (χ2v) is 7.10. The Balaban J connectivity index is 1.87. The van der Waals surface area contributed by atoms with Gasteiger partial charge in [0.1, 0.15) is 0 Å². The molecule has 116 valence electrons. The summed E-state index contributed by atoms with van der Waals surface area (Å²) in [6.45, 7) is 6.39. The molecule has 0 radical (unpaired) electrons. The molecule has 21 heavy (non-hydrogen) atoms. The maximum absolute atomic E-state index is 6.22. The van der Waals surface area contributed by atoms with Crippen LogP contribution in [0.15, 0.2) is 18.2 Å². The molecule has 1 aliphatic carbocycles. The molecule has 2 heteroatoms. The highest BCUT2D eigenvalue weighted by Crippen LogP contribution is 2.39. The van der Waals surface area contributed by atoms with Crippen molar-refractivity contribution in [3.05, 3.63) is 34.9 Å². The largest absolute Gasteiger partial charge is 0.329 e. The second kappa shape index (κ2) is 6.50. The molecule has 2 nitrogen and oxygen atoms in total. The van der Waals surface area contributed by atoms with Crippen molar-refractivity contribution < 1.29 is 0 Å². The van der Waals surface area contributed by atoms with E-state index in [0.29, 0.717) is 6.04 Å². The molecule has 0 aromatic heterocycles. The van der Waals surface area contributed by atoms with Crippen LogP contribution < -0.4 is 5.73 Å². The van der Waals surface area contributed by atoms with Crippen molar-refractivity contribution in [2.45, 2.75) is 64.5 Å². The van der Waals surface area contributed by atoms with Crippen LogP contribution in [0, 0.1) is 19.8 Å². The van der Waals surface area contributed by atoms with Gasteiger partial charge in [-0.15, -0.1) is 0 Å². The molecule has 2 N–H and O–H groups in total. The molecule has 3 rings (SSSR count). The lowest BCUT2D eigenvalue weighted by atomic mass is 9.77. The van der Waals surface area contributed by atoms with Crippen molar-refractivity contribution in [3.63, 3.8) is 0 Å². The van der Waals surface area contributed by atoms with Crippen LogP contribution in [0.1, 0.15) is 61.3 Å². The Bertz CT molecular complexity index is 480. The van der Waals surface area contributed by atoms with Crippen LogP contribution in [0.4, 0.5) is 0 Å². The van der Waals surface area contributed by atoms with Gasteiger partial charge >= 0.3 is 0 Å². The number of nitrogens with two attached hydrogens (primary N) is 1. The number of likely N-dealkylation sites (tertiary alicyclic amines) is 1. The van der Waals surface area contributed by atoms with Gasteiger partial charge in [0, 0.05) is 18.6 Å². The third kappa shape index (κ3) is 3.02. The number of piperidine rings is 1. The molecule has 1 aliphatic heterocycles. The van der Waals surface area contributed by atoms with E-state index in [9.17, 15) is 0 Å². The first kappa shape index (κ1) is 15.1. The summed E-state index contributed by atoms with van der Waals surface area (Å²) in [5.41, 5.74) is 10.4. The Morgan fingerprint density at radius 2 is 1.90 bits per heavy atom. The number of rotatable bonds is 3. The van der Waals surface area contributed by atoms with Crippen molar-refractivity contribution in [2.24, 2.45) is 11.7 Å². The SMILES string of the molecule is Cc1ccc(C(CN)N2CCCC3CCCCC32)c(C)c1. The summed E-state index contributed by atoms with van der Waals surface area (Å²) in [6.07, 6.45) is 8.44. The minimum atomic E-state index is 0.413. The van der Waals surface area contributed by atoms with Crippen molar-refractivity contribution in [2.75, 3.05) is 13.1 Å². The van der Waals surface area contributed by atoms with E-state index in [1.165, 1.54) is 61.8 Å². The normalized spacial score (nSPS) is 28.1. The van der Waals surface area contributed by atoms with Gasteiger partial charge < -0.3 is 5.73 Å². The molecule has 3 atom stereocenters. The van der Waals surface area contributed by atoms with E-state index < -0.39 is 0 Å². The highest BCUT2D eigenvalue weighted by molar-refractivity contribution is 5.33. The van der Waals surface area contributed by atoms with Gasteiger partial charge in [-0.25, -0.2) is 0 Å². The standard InChI is InChI=1S/C19H30N2/c1-14-9-10-17(15(2)12-14)19(13-20)21-11-5-7-16-6-3-4-8-18(16)21/h9-10,12,16,18-19H,3-8,11,13,20H2,1-2H3. The lowest BCUT2D eigenvalue weighted by Crippen LogP contribution is -2.50. The highest BCUT2D eigenvalue weighted by Gasteiger charge is 2.36. The van der Waals surface area contributed by atoms with Gasteiger partial charge in [0.25, 0.3) is 0 Å².